The Morgan fingerprint density at radius 3 is 1.64 bits per heavy atom. The molecule has 1 heterocycles. The van der Waals surface area contributed by atoms with Gasteiger partial charge in [0.1, 0.15) is 24.2 Å². The summed E-state index contributed by atoms with van der Waals surface area (Å²) in [7, 11) is 0. The average molecular weight is 1030 g/mol. The first-order chi connectivity index (χ1) is 34.6. The van der Waals surface area contributed by atoms with Crippen LogP contribution in [0.3, 0.4) is 0 Å². The first kappa shape index (κ1) is 63.8. The molecule has 412 valence electrons. The van der Waals surface area contributed by atoms with Gasteiger partial charge in [0, 0.05) is 44.1 Å². The lowest BCUT2D eigenvalue weighted by Crippen LogP contribution is -2.59. The molecule has 15 N–H and O–H groups in total. The van der Waals surface area contributed by atoms with Crippen molar-refractivity contribution < 1.29 is 43.2 Å². The molecular weight excluding hydrogens is 935 g/mol. The third-order valence-electron chi connectivity index (χ3n) is 13.0. The number of ketones is 2. The van der Waals surface area contributed by atoms with Gasteiger partial charge in [0.25, 0.3) is 0 Å². The topological polar surface area (TPSA) is 342 Å². The molecule has 1 aromatic rings. The minimum absolute atomic E-state index is 0.00851. The average Bonchev–Trinajstić information content (AvgIpc) is 3.31. The monoisotopic (exact) mass is 1030 g/mol. The van der Waals surface area contributed by atoms with Crippen LogP contribution in [0.4, 0.5) is 0 Å². The number of nitrogens with one attached hydrogen (secondary N) is 7. The molecule has 0 spiro atoms. The van der Waals surface area contributed by atoms with E-state index >= 15 is 0 Å². The molecule has 1 aliphatic heterocycles. The number of benzene rings is 1. The maximum atomic E-state index is 14.5. The minimum Gasteiger partial charge on any atom is -0.354 e. The fourth-order valence-corrected chi connectivity index (χ4v) is 8.98. The lowest BCUT2D eigenvalue weighted by atomic mass is 9.88. The van der Waals surface area contributed by atoms with Crippen LogP contribution in [-0.4, -0.2) is 122 Å². The molecule has 1 fully saturated rings. The lowest BCUT2D eigenvalue weighted by molar-refractivity contribution is -0.136. The van der Waals surface area contributed by atoms with E-state index in [9.17, 15) is 43.2 Å². The van der Waals surface area contributed by atoms with Crippen molar-refractivity contribution in [1.29, 1.82) is 0 Å². The van der Waals surface area contributed by atoms with Crippen LogP contribution in [0, 0.1) is 35.5 Å². The molecule has 1 saturated heterocycles. The Hall–Kier alpha value is -5.31. The van der Waals surface area contributed by atoms with Crippen molar-refractivity contribution >= 4 is 52.9 Å². The number of Topliss-reactive ketones (excluding diaryl/α,β-unsaturated/α-hetero) is 2. The quantitative estimate of drug-likeness (QED) is 0.0693. The van der Waals surface area contributed by atoms with Gasteiger partial charge in [0.2, 0.25) is 41.4 Å². The summed E-state index contributed by atoms with van der Waals surface area (Å²) in [5.41, 5.74) is 24.5. The van der Waals surface area contributed by atoms with Crippen molar-refractivity contribution in [2.24, 2.45) is 58.4 Å². The van der Waals surface area contributed by atoms with Gasteiger partial charge in [-0.05, 0) is 100 Å². The highest BCUT2D eigenvalue weighted by atomic mass is 16.2. The zero-order valence-electron chi connectivity index (χ0n) is 44.7. The number of hydrogen-bond acceptors (Lipinski definition) is 13. The zero-order valence-corrected chi connectivity index (χ0v) is 44.7. The van der Waals surface area contributed by atoms with E-state index in [1.54, 1.807) is 30.3 Å². The SMILES string of the molecule is CC(C)CCCC(C)CC(=O)N[C@H](CCN)C(=O)C[C@H]1CCNC(=O)[C@H](CC(C)C)NC(=O)[C@H](CCN)NC(=O)[C@H](CCN)NC(=O)[C@H](Cc2ccccc2)NC(=O)[C@@H](CC(C)C)CC(=O)[C@H](CCN)NC1=O. The van der Waals surface area contributed by atoms with E-state index in [2.05, 4.69) is 51.1 Å². The number of amides is 7. The van der Waals surface area contributed by atoms with Crippen LogP contribution in [0.5, 0.6) is 0 Å². The summed E-state index contributed by atoms with van der Waals surface area (Å²) in [5, 5.41) is 19.4. The number of nitrogens with two attached hydrogens (primary N) is 4. The maximum Gasteiger partial charge on any atom is 0.243 e. The molecule has 0 aliphatic carbocycles. The molecule has 1 unspecified atom stereocenters. The number of carbonyl (C=O) groups is 9. The van der Waals surface area contributed by atoms with Crippen LogP contribution in [0.25, 0.3) is 0 Å². The van der Waals surface area contributed by atoms with Gasteiger partial charge in [-0.3, -0.25) is 43.2 Å². The van der Waals surface area contributed by atoms with Crippen molar-refractivity contribution in [3.05, 3.63) is 35.9 Å². The summed E-state index contributed by atoms with van der Waals surface area (Å²) in [6.07, 6.45) is 2.66. The molecule has 7 amide bonds. The summed E-state index contributed by atoms with van der Waals surface area (Å²) in [4.78, 5) is 127. The van der Waals surface area contributed by atoms with Gasteiger partial charge in [0.15, 0.2) is 11.6 Å². The second-order valence-corrected chi connectivity index (χ2v) is 21.1. The van der Waals surface area contributed by atoms with Crippen LogP contribution >= 0.6 is 0 Å². The molecule has 1 aliphatic rings. The zero-order chi connectivity index (χ0) is 54.6. The van der Waals surface area contributed by atoms with Gasteiger partial charge in [-0.15, -0.1) is 0 Å². The van der Waals surface area contributed by atoms with Crippen LogP contribution in [0.15, 0.2) is 30.3 Å². The van der Waals surface area contributed by atoms with Crippen LogP contribution in [0.2, 0.25) is 0 Å². The standard InChI is InChI=1S/C53H91N11O9/c1-32(2)12-11-13-35(7)28-47(67)59-39(16-21-54)45(65)30-37-20-25-58-50(70)43(27-34(5)6)64-52(72)42(19-24-57)61-51(71)41(18-23-56)62-53(73)44(29-36-14-9-8-10-15-36)63-49(69)38(26-33(3)4)31-46(66)40(17-22-55)60-48(37)68/h8-10,14-15,32-35,37-44H,11-13,16-31,54-57H2,1-7H3,(H,58,70)(H,59,67)(H,60,68)(H,61,71)(H,62,73)(H,63,69)(H,64,72)/t35?,37-,38+,39-,40+,41+,42+,43+,44+/m1/s1. The molecule has 0 radical (unpaired) electrons. The number of hydrogen-bond donors (Lipinski definition) is 11. The van der Waals surface area contributed by atoms with Crippen LogP contribution in [-0.2, 0) is 49.6 Å². The summed E-state index contributed by atoms with van der Waals surface area (Å²) < 4.78 is 0. The molecule has 0 aromatic heterocycles. The highest BCUT2D eigenvalue weighted by molar-refractivity contribution is 5.98. The maximum absolute atomic E-state index is 14.5. The van der Waals surface area contributed by atoms with Gasteiger partial charge in [-0.1, -0.05) is 98.1 Å². The normalized spacial score (nSPS) is 23.4. The third kappa shape index (κ3) is 24.5. The van der Waals surface area contributed by atoms with E-state index in [0.717, 1.165) is 19.3 Å². The van der Waals surface area contributed by atoms with E-state index in [-0.39, 0.29) is 127 Å². The lowest BCUT2D eigenvalue weighted by Gasteiger charge is -2.27. The molecule has 0 bridgehead atoms. The molecule has 20 nitrogen and oxygen atoms in total. The Balaban J connectivity index is 2.69. The fourth-order valence-electron chi connectivity index (χ4n) is 8.98. The summed E-state index contributed by atoms with van der Waals surface area (Å²) in [6.45, 7) is 13.6. The molecule has 2 rings (SSSR count). The smallest absolute Gasteiger partial charge is 0.243 e. The van der Waals surface area contributed by atoms with Crippen LogP contribution in [0.1, 0.15) is 138 Å². The van der Waals surface area contributed by atoms with Crippen LogP contribution < -0.4 is 60.2 Å². The predicted molar refractivity (Wildman–Crippen MR) is 282 cm³/mol. The molecule has 1 aromatic carbocycles. The summed E-state index contributed by atoms with van der Waals surface area (Å²) in [6, 6.07) is 1.88. The van der Waals surface area contributed by atoms with Crippen molar-refractivity contribution in [1.82, 2.24) is 37.2 Å². The Bertz CT molecular complexity index is 1920. The Kier molecular flexibility index (Phi) is 29.9. The third-order valence-corrected chi connectivity index (χ3v) is 13.0. The van der Waals surface area contributed by atoms with E-state index in [1.165, 1.54) is 0 Å². The van der Waals surface area contributed by atoms with Gasteiger partial charge >= 0.3 is 0 Å². The van der Waals surface area contributed by atoms with Crippen molar-refractivity contribution in [3.8, 4) is 0 Å². The minimum atomic E-state index is -1.25. The second-order valence-electron chi connectivity index (χ2n) is 21.1. The second kappa shape index (κ2) is 34.2. The number of rotatable bonds is 24. The highest BCUT2D eigenvalue weighted by Crippen LogP contribution is 2.21. The van der Waals surface area contributed by atoms with Crippen molar-refractivity contribution in [3.63, 3.8) is 0 Å². The van der Waals surface area contributed by atoms with Gasteiger partial charge < -0.3 is 60.2 Å². The van der Waals surface area contributed by atoms with E-state index in [4.69, 9.17) is 22.9 Å². The molecule has 0 saturated carbocycles. The summed E-state index contributed by atoms with van der Waals surface area (Å²) in [5.74, 6) is -7.05. The molecule has 9 atom stereocenters. The highest BCUT2D eigenvalue weighted by Gasteiger charge is 2.36. The largest absolute Gasteiger partial charge is 0.354 e. The Labute approximate surface area is 433 Å². The molecule has 73 heavy (non-hydrogen) atoms. The van der Waals surface area contributed by atoms with Crippen molar-refractivity contribution in [2.75, 3.05) is 32.7 Å². The predicted octanol–water partition coefficient (Wildman–Crippen LogP) is 1.15. The Morgan fingerprint density at radius 1 is 0.575 bits per heavy atom. The molecular formula is C53H91N11O9. The fraction of sp³-hybridized carbons (Fsp3) is 0.717. The summed E-state index contributed by atoms with van der Waals surface area (Å²) >= 11 is 0. The van der Waals surface area contributed by atoms with Crippen molar-refractivity contribution in [2.45, 2.75) is 175 Å². The number of carbonyl (C=O) groups excluding carboxylic acids is 9. The molecule has 20 heteroatoms. The van der Waals surface area contributed by atoms with Gasteiger partial charge in [-0.25, -0.2) is 0 Å². The van der Waals surface area contributed by atoms with Gasteiger partial charge in [0.05, 0.1) is 12.1 Å². The first-order valence-electron chi connectivity index (χ1n) is 26.6. The first-order valence-corrected chi connectivity index (χ1v) is 26.6. The van der Waals surface area contributed by atoms with Gasteiger partial charge in [-0.2, -0.15) is 0 Å². The van der Waals surface area contributed by atoms with E-state index < -0.39 is 95.1 Å². The van der Waals surface area contributed by atoms with E-state index in [1.807, 2.05) is 34.6 Å². The Morgan fingerprint density at radius 2 is 1.10 bits per heavy atom. The van der Waals surface area contributed by atoms with E-state index in [0.29, 0.717) is 11.5 Å².